The fraction of sp³-hybridized carbons (Fsp3) is 0.235. The maximum absolute atomic E-state index is 13.9. The zero-order valence-electron chi connectivity index (χ0n) is 14.3. The van der Waals surface area contributed by atoms with E-state index in [4.69, 9.17) is 4.74 Å². The van der Waals surface area contributed by atoms with Crippen molar-refractivity contribution in [1.82, 2.24) is 4.98 Å². The molecule has 2 heterocycles. The summed E-state index contributed by atoms with van der Waals surface area (Å²) in [4.78, 5) is 5.64. The molecule has 1 fully saturated rings. The molecule has 0 amide bonds. The topological polar surface area (TPSA) is 71.5 Å². The minimum absolute atomic E-state index is 0.161. The average molecular weight is 429 g/mol. The number of fused-ring (bicyclic) bond motifs is 1. The summed E-state index contributed by atoms with van der Waals surface area (Å²) in [6, 6.07) is 5.91. The first kappa shape index (κ1) is 19.0. The molecule has 4 rings (SSSR count). The minimum atomic E-state index is -4.44. The van der Waals surface area contributed by atoms with E-state index < -0.39 is 32.4 Å². The molecule has 6 nitrogen and oxygen atoms in total. The van der Waals surface area contributed by atoms with Gasteiger partial charge in [-0.15, -0.1) is 0 Å². The largest absolute Gasteiger partial charge is 0.378 e. The van der Waals surface area contributed by atoms with Gasteiger partial charge in [0, 0.05) is 13.1 Å². The molecule has 1 N–H and O–H groups in total. The third-order valence-corrected chi connectivity index (χ3v) is 6.68. The molecule has 148 valence electrons. The third kappa shape index (κ3) is 3.52. The lowest BCUT2D eigenvalue weighted by Gasteiger charge is -2.25. The number of rotatable bonds is 4. The van der Waals surface area contributed by atoms with E-state index in [1.54, 1.807) is 12.1 Å². The van der Waals surface area contributed by atoms with Crippen molar-refractivity contribution in [3.8, 4) is 0 Å². The summed E-state index contributed by atoms with van der Waals surface area (Å²) in [5.74, 6) is -5.06. The van der Waals surface area contributed by atoms with Crippen molar-refractivity contribution in [2.75, 3.05) is 35.9 Å². The third-order valence-electron chi connectivity index (χ3n) is 4.20. The molecule has 1 aromatic heterocycles. The SMILES string of the molecule is O=S(=O)(Nc1ccc2nc(N3CCOCC3)sc2c1)c1ccc(F)c(F)c1F. The van der Waals surface area contributed by atoms with Gasteiger partial charge in [-0.2, -0.15) is 0 Å². The predicted molar refractivity (Wildman–Crippen MR) is 99.8 cm³/mol. The van der Waals surface area contributed by atoms with Gasteiger partial charge < -0.3 is 9.64 Å². The first-order valence-electron chi connectivity index (χ1n) is 8.25. The van der Waals surface area contributed by atoms with Gasteiger partial charge in [0.1, 0.15) is 4.90 Å². The van der Waals surface area contributed by atoms with Crippen LogP contribution >= 0.6 is 11.3 Å². The van der Waals surface area contributed by atoms with E-state index in [-0.39, 0.29) is 5.69 Å². The van der Waals surface area contributed by atoms with Crippen molar-refractivity contribution in [1.29, 1.82) is 0 Å². The summed E-state index contributed by atoms with van der Waals surface area (Å²) >= 11 is 1.39. The van der Waals surface area contributed by atoms with Gasteiger partial charge in [0.25, 0.3) is 10.0 Å². The molecule has 1 saturated heterocycles. The second-order valence-electron chi connectivity index (χ2n) is 6.06. The van der Waals surface area contributed by atoms with Gasteiger partial charge in [-0.3, -0.25) is 4.72 Å². The van der Waals surface area contributed by atoms with Crippen molar-refractivity contribution in [2.24, 2.45) is 0 Å². The van der Waals surface area contributed by atoms with E-state index in [1.165, 1.54) is 17.4 Å². The Labute approximate surface area is 162 Å². The lowest BCUT2D eigenvalue weighted by atomic mass is 10.3. The highest BCUT2D eigenvalue weighted by molar-refractivity contribution is 7.92. The van der Waals surface area contributed by atoms with Crippen LogP contribution in [0.25, 0.3) is 10.2 Å². The van der Waals surface area contributed by atoms with Crippen LogP contribution in [-0.4, -0.2) is 39.7 Å². The van der Waals surface area contributed by atoms with Crippen molar-refractivity contribution in [2.45, 2.75) is 4.90 Å². The van der Waals surface area contributed by atoms with E-state index in [2.05, 4.69) is 14.6 Å². The van der Waals surface area contributed by atoms with Gasteiger partial charge in [0.15, 0.2) is 22.6 Å². The van der Waals surface area contributed by atoms with Gasteiger partial charge in [-0.05, 0) is 30.3 Å². The minimum Gasteiger partial charge on any atom is -0.378 e. The van der Waals surface area contributed by atoms with Crippen LogP contribution in [0, 0.1) is 17.5 Å². The second kappa shape index (κ2) is 7.22. The Morgan fingerprint density at radius 3 is 2.57 bits per heavy atom. The first-order chi connectivity index (χ1) is 13.3. The summed E-state index contributed by atoms with van der Waals surface area (Å²) < 4.78 is 73.3. The van der Waals surface area contributed by atoms with Crippen LogP contribution in [0.2, 0.25) is 0 Å². The number of anilines is 2. The van der Waals surface area contributed by atoms with Gasteiger partial charge in [0.2, 0.25) is 0 Å². The zero-order valence-corrected chi connectivity index (χ0v) is 15.9. The van der Waals surface area contributed by atoms with Crippen molar-refractivity contribution >= 4 is 42.4 Å². The summed E-state index contributed by atoms with van der Waals surface area (Å²) in [7, 11) is -4.44. The number of ether oxygens (including phenoxy) is 1. The van der Waals surface area contributed by atoms with E-state index in [1.807, 2.05) is 0 Å². The Balaban J connectivity index is 1.63. The van der Waals surface area contributed by atoms with Crippen LogP contribution in [0.3, 0.4) is 0 Å². The number of morpholine rings is 1. The molecule has 0 bridgehead atoms. The Hall–Kier alpha value is -2.37. The maximum Gasteiger partial charge on any atom is 0.264 e. The van der Waals surface area contributed by atoms with E-state index in [0.717, 1.165) is 9.83 Å². The molecular formula is C17H14F3N3O3S2. The van der Waals surface area contributed by atoms with Crippen LogP contribution in [0.1, 0.15) is 0 Å². The van der Waals surface area contributed by atoms with E-state index in [0.29, 0.717) is 44.0 Å². The smallest absolute Gasteiger partial charge is 0.264 e. The molecule has 2 aromatic carbocycles. The second-order valence-corrected chi connectivity index (χ2v) is 8.72. The molecule has 0 unspecified atom stereocenters. The van der Waals surface area contributed by atoms with Gasteiger partial charge in [0.05, 0.1) is 29.1 Å². The van der Waals surface area contributed by atoms with Crippen molar-refractivity contribution < 1.29 is 26.3 Å². The molecule has 0 spiro atoms. The van der Waals surface area contributed by atoms with E-state index >= 15 is 0 Å². The lowest BCUT2D eigenvalue weighted by Crippen LogP contribution is -2.36. The van der Waals surface area contributed by atoms with Gasteiger partial charge in [-0.1, -0.05) is 11.3 Å². The van der Waals surface area contributed by atoms with Crippen LogP contribution < -0.4 is 9.62 Å². The quantitative estimate of drug-likeness (QED) is 0.644. The molecule has 28 heavy (non-hydrogen) atoms. The van der Waals surface area contributed by atoms with Crippen LogP contribution in [-0.2, 0) is 14.8 Å². The standard InChI is InChI=1S/C17H14F3N3O3S2/c18-11-2-4-14(16(20)15(11)19)28(24,25)22-10-1-3-12-13(9-10)27-17(21-12)23-5-7-26-8-6-23/h1-4,9,22H,5-8H2. The Kier molecular flexibility index (Phi) is 4.89. The molecule has 0 aliphatic carbocycles. The molecular weight excluding hydrogens is 415 g/mol. The number of sulfonamides is 1. The number of hydrogen-bond donors (Lipinski definition) is 1. The zero-order chi connectivity index (χ0) is 19.9. The average Bonchev–Trinajstić information content (AvgIpc) is 3.09. The summed E-state index contributed by atoms with van der Waals surface area (Å²) in [5, 5.41) is 0.796. The van der Waals surface area contributed by atoms with Gasteiger partial charge >= 0.3 is 0 Å². The molecule has 0 radical (unpaired) electrons. The fourth-order valence-electron chi connectivity index (χ4n) is 2.79. The van der Waals surface area contributed by atoms with Crippen LogP contribution in [0.4, 0.5) is 24.0 Å². The maximum atomic E-state index is 13.9. The number of benzene rings is 2. The number of aromatic nitrogens is 1. The van der Waals surface area contributed by atoms with Crippen LogP contribution in [0.5, 0.6) is 0 Å². The number of nitrogens with zero attached hydrogens (tertiary/aromatic N) is 2. The Morgan fingerprint density at radius 1 is 1.07 bits per heavy atom. The molecule has 1 aliphatic heterocycles. The monoisotopic (exact) mass is 429 g/mol. The number of thiazole rings is 1. The molecule has 0 atom stereocenters. The molecule has 11 heteroatoms. The summed E-state index contributed by atoms with van der Waals surface area (Å²) in [6.07, 6.45) is 0. The highest BCUT2D eigenvalue weighted by Gasteiger charge is 2.24. The molecule has 1 aliphatic rings. The van der Waals surface area contributed by atoms with Gasteiger partial charge in [-0.25, -0.2) is 26.6 Å². The van der Waals surface area contributed by atoms with Crippen LogP contribution in [0.15, 0.2) is 35.2 Å². The Bertz CT molecular complexity index is 1150. The normalized spacial score (nSPS) is 15.2. The first-order valence-corrected chi connectivity index (χ1v) is 10.5. The number of nitrogens with one attached hydrogen (secondary N) is 1. The highest BCUT2D eigenvalue weighted by Crippen LogP contribution is 2.32. The molecule has 3 aromatic rings. The number of halogens is 3. The van der Waals surface area contributed by atoms with E-state index in [9.17, 15) is 21.6 Å². The van der Waals surface area contributed by atoms with Crippen molar-refractivity contribution in [3.05, 3.63) is 47.8 Å². The molecule has 0 saturated carbocycles. The predicted octanol–water partition coefficient (Wildman–Crippen LogP) is 3.35. The number of hydrogen-bond acceptors (Lipinski definition) is 6. The highest BCUT2D eigenvalue weighted by atomic mass is 32.2. The lowest BCUT2D eigenvalue weighted by molar-refractivity contribution is 0.122. The van der Waals surface area contributed by atoms with Crippen molar-refractivity contribution in [3.63, 3.8) is 0 Å². The fourth-order valence-corrected chi connectivity index (χ4v) is 4.97. The Morgan fingerprint density at radius 2 is 1.82 bits per heavy atom. The summed E-state index contributed by atoms with van der Waals surface area (Å²) in [6.45, 7) is 2.66. The summed E-state index contributed by atoms with van der Waals surface area (Å²) in [5.41, 5.74) is 0.849.